The molecule has 0 aliphatic rings. The van der Waals surface area contributed by atoms with Gasteiger partial charge < -0.3 is 20.3 Å². The van der Waals surface area contributed by atoms with Gasteiger partial charge in [0, 0.05) is 6.61 Å². The van der Waals surface area contributed by atoms with E-state index in [1.165, 1.54) is 0 Å². The van der Waals surface area contributed by atoms with Crippen LogP contribution in [0.15, 0.2) is 54.6 Å². The number of benzene rings is 2. The molecular weight excluding hydrogens is 294 g/mol. The molecule has 0 heterocycles. The maximum absolute atomic E-state index is 12.0. The minimum Gasteiger partial charge on any atom is -0.508 e. The number of rotatable bonds is 7. The summed E-state index contributed by atoms with van der Waals surface area (Å²) in [5.41, 5.74) is 1.77. The van der Waals surface area contributed by atoms with Crippen LogP contribution in [-0.4, -0.2) is 22.9 Å². The number of phenolic OH excluding ortho intramolecular Hbond substituents is 1. The van der Waals surface area contributed by atoms with Crippen molar-refractivity contribution in [2.24, 2.45) is 0 Å². The highest BCUT2D eigenvalue weighted by Crippen LogP contribution is 2.21. The van der Waals surface area contributed by atoms with E-state index in [1.807, 2.05) is 30.3 Å². The lowest BCUT2D eigenvalue weighted by Gasteiger charge is -2.19. The summed E-state index contributed by atoms with van der Waals surface area (Å²) in [6, 6.07) is 15.8. The first-order chi connectivity index (χ1) is 11.2. The van der Waals surface area contributed by atoms with Gasteiger partial charge in [0.2, 0.25) is 0 Å². The number of aliphatic hydroxyl groups is 1. The van der Waals surface area contributed by atoms with Crippen molar-refractivity contribution in [1.82, 2.24) is 5.32 Å². The summed E-state index contributed by atoms with van der Waals surface area (Å²) in [4.78, 5) is 12.0. The monoisotopic (exact) mass is 315 g/mol. The van der Waals surface area contributed by atoms with Crippen LogP contribution in [0.25, 0.3) is 0 Å². The van der Waals surface area contributed by atoms with Crippen molar-refractivity contribution in [3.63, 3.8) is 0 Å². The molecule has 0 bridgehead atoms. The van der Waals surface area contributed by atoms with E-state index in [0.717, 1.165) is 11.1 Å². The lowest BCUT2D eigenvalue weighted by atomic mass is 10.0. The molecule has 0 aliphatic carbocycles. The van der Waals surface area contributed by atoms with Gasteiger partial charge in [-0.15, -0.1) is 0 Å². The number of amides is 1. The largest absolute Gasteiger partial charge is 0.508 e. The molecule has 5 nitrogen and oxygen atoms in total. The second-order valence-corrected chi connectivity index (χ2v) is 5.22. The maximum atomic E-state index is 12.0. The van der Waals surface area contributed by atoms with E-state index in [1.54, 1.807) is 24.3 Å². The Morgan fingerprint density at radius 2 is 1.78 bits per heavy atom. The molecule has 1 unspecified atom stereocenters. The predicted octanol–water partition coefficient (Wildman–Crippen LogP) is 3.13. The summed E-state index contributed by atoms with van der Waals surface area (Å²) in [7, 11) is 0. The zero-order valence-corrected chi connectivity index (χ0v) is 12.8. The molecule has 1 atom stereocenters. The SMILES string of the molecule is O=C(NC(CCCO)c1ccc(O)cc1)OCc1ccccc1. The van der Waals surface area contributed by atoms with Crippen LogP contribution >= 0.6 is 0 Å². The van der Waals surface area contributed by atoms with Crippen LogP contribution in [0.2, 0.25) is 0 Å². The van der Waals surface area contributed by atoms with E-state index in [4.69, 9.17) is 9.84 Å². The average Bonchev–Trinajstić information content (AvgIpc) is 2.58. The van der Waals surface area contributed by atoms with Gasteiger partial charge in [0.05, 0.1) is 6.04 Å². The fourth-order valence-corrected chi connectivity index (χ4v) is 2.23. The molecule has 0 aromatic heterocycles. The normalized spacial score (nSPS) is 11.7. The van der Waals surface area contributed by atoms with Crippen molar-refractivity contribution >= 4 is 6.09 Å². The number of hydrogen-bond donors (Lipinski definition) is 3. The van der Waals surface area contributed by atoms with E-state index < -0.39 is 6.09 Å². The summed E-state index contributed by atoms with van der Waals surface area (Å²) in [6.07, 6.45) is 0.636. The molecule has 0 aliphatic heterocycles. The molecule has 2 aromatic carbocycles. The third kappa shape index (κ3) is 5.64. The molecule has 0 radical (unpaired) electrons. The van der Waals surface area contributed by atoms with Crippen molar-refractivity contribution < 1.29 is 19.7 Å². The number of alkyl carbamates (subject to hydrolysis) is 1. The molecule has 3 N–H and O–H groups in total. The number of aliphatic hydroxyl groups excluding tert-OH is 1. The first-order valence-electron chi connectivity index (χ1n) is 7.56. The summed E-state index contributed by atoms with van der Waals surface area (Å²) >= 11 is 0. The van der Waals surface area contributed by atoms with Gasteiger partial charge in [0.15, 0.2) is 0 Å². The van der Waals surface area contributed by atoms with Gasteiger partial charge >= 0.3 is 6.09 Å². The fourth-order valence-electron chi connectivity index (χ4n) is 2.23. The Labute approximate surface area is 135 Å². The summed E-state index contributed by atoms with van der Waals surface area (Å²) < 4.78 is 5.22. The Morgan fingerprint density at radius 3 is 2.43 bits per heavy atom. The topological polar surface area (TPSA) is 78.8 Å². The van der Waals surface area contributed by atoms with E-state index >= 15 is 0 Å². The number of aromatic hydroxyl groups is 1. The van der Waals surface area contributed by atoms with Gasteiger partial charge in [-0.25, -0.2) is 4.79 Å². The Balaban J connectivity index is 1.93. The Bertz CT molecular complexity index is 598. The summed E-state index contributed by atoms with van der Waals surface area (Å²) in [5.74, 6) is 0.168. The number of carbonyl (C=O) groups is 1. The molecular formula is C18H21NO4. The fraction of sp³-hybridized carbons (Fsp3) is 0.278. The van der Waals surface area contributed by atoms with Gasteiger partial charge in [-0.3, -0.25) is 0 Å². The lowest BCUT2D eigenvalue weighted by molar-refractivity contribution is 0.134. The molecule has 5 heteroatoms. The van der Waals surface area contributed by atoms with E-state index in [9.17, 15) is 9.90 Å². The Hall–Kier alpha value is -2.53. The minimum atomic E-state index is -0.509. The molecule has 23 heavy (non-hydrogen) atoms. The number of nitrogens with one attached hydrogen (secondary N) is 1. The van der Waals surface area contributed by atoms with E-state index in [-0.39, 0.29) is 25.0 Å². The van der Waals surface area contributed by atoms with Crippen LogP contribution < -0.4 is 5.32 Å². The first kappa shape index (κ1) is 16.8. The second kappa shape index (κ2) is 8.80. The minimum absolute atomic E-state index is 0.0509. The predicted molar refractivity (Wildman–Crippen MR) is 86.9 cm³/mol. The molecule has 0 saturated heterocycles. The van der Waals surface area contributed by atoms with Crippen molar-refractivity contribution in [3.05, 3.63) is 65.7 Å². The Morgan fingerprint density at radius 1 is 1.09 bits per heavy atom. The standard InChI is InChI=1S/C18H21NO4/c20-12-4-7-17(15-8-10-16(21)11-9-15)19-18(22)23-13-14-5-2-1-3-6-14/h1-3,5-6,8-11,17,20-21H,4,7,12-13H2,(H,19,22). The van der Waals surface area contributed by atoms with Crippen LogP contribution in [-0.2, 0) is 11.3 Å². The van der Waals surface area contributed by atoms with Crippen LogP contribution in [0.1, 0.15) is 30.0 Å². The molecule has 0 spiro atoms. The van der Waals surface area contributed by atoms with Crippen molar-refractivity contribution in [3.8, 4) is 5.75 Å². The maximum Gasteiger partial charge on any atom is 0.407 e. The lowest BCUT2D eigenvalue weighted by Crippen LogP contribution is -2.29. The quantitative estimate of drug-likeness (QED) is 0.733. The van der Waals surface area contributed by atoms with Gasteiger partial charge in [-0.05, 0) is 36.1 Å². The second-order valence-electron chi connectivity index (χ2n) is 5.22. The van der Waals surface area contributed by atoms with Crippen LogP contribution in [0.4, 0.5) is 4.79 Å². The van der Waals surface area contributed by atoms with Gasteiger partial charge in [0.1, 0.15) is 12.4 Å². The summed E-state index contributed by atoms with van der Waals surface area (Å²) in [6.45, 7) is 0.254. The number of ether oxygens (including phenoxy) is 1. The van der Waals surface area contributed by atoms with Crippen LogP contribution in [0, 0.1) is 0 Å². The van der Waals surface area contributed by atoms with Crippen molar-refractivity contribution in [2.45, 2.75) is 25.5 Å². The number of carbonyl (C=O) groups excluding carboxylic acids is 1. The van der Waals surface area contributed by atoms with Crippen molar-refractivity contribution in [1.29, 1.82) is 0 Å². The van der Waals surface area contributed by atoms with Gasteiger partial charge in [-0.1, -0.05) is 42.5 Å². The van der Waals surface area contributed by atoms with E-state index in [2.05, 4.69) is 5.32 Å². The van der Waals surface area contributed by atoms with Crippen LogP contribution in [0.5, 0.6) is 5.75 Å². The molecule has 122 valence electrons. The van der Waals surface area contributed by atoms with Crippen molar-refractivity contribution in [2.75, 3.05) is 6.61 Å². The number of phenols is 1. The average molecular weight is 315 g/mol. The van der Waals surface area contributed by atoms with Crippen LogP contribution in [0.3, 0.4) is 0 Å². The van der Waals surface area contributed by atoms with Gasteiger partial charge in [-0.2, -0.15) is 0 Å². The highest BCUT2D eigenvalue weighted by Gasteiger charge is 2.15. The molecule has 2 aromatic rings. The summed E-state index contributed by atoms with van der Waals surface area (Å²) in [5, 5.41) is 21.2. The zero-order valence-electron chi connectivity index (χ0n) is 12.8. The first-order valence-corrected chi connectivity index (χ1v) is 7.56. The molecule has 0 saturated carbocycles. The molecule has 0 fully saturated rings. The number of hydrogen-bond acceptors (Lipinski definition) is 4. The zero-order chi connectivity index (χ0) is 16.5. The smallest absolute Gasteiger partial charge is 0.407 e. The van der Waals surface area contributed by atoms with Gasteiger partial charge in [0.25, 0.3) is 0 Å². The molecule has 2 rings (SSSR count). The van der Waals surface area contributed by atoms with E-state index in [0.29, 0.717) is 12.8 Å². The highest BCUT2D eigenvalue weighted by atomic mass is 16.5. The highest BCUT2D eigenvalue weighted by molar-refractivity contribution is 5.68. The third-order valence-corrected chi connectivity index (χ3v) is 3.45. The molecule has 1 amide bonds. The third-order valence-electron chi connectivity index (χ3n) is 3.45. The Kier molecular flexibility index (Phi) is 6.44.